The second kappa shape index (κ2) is 5.58. The number of rotatable bonds is 4. The molecule has 2 aromatic rings. The smallest absolute Gasteiger partial charge is 0.147 e. The fraction of sp³-hybridized carbons (Fsp3) is 0.500. The van der Waals surface area contributed by atoms with Crippen LogP contribution in [0.5, 0.6) is 0 Å². The number of aryl methyl sites for hydroxylation is 1. The van der Waals surface area contributed by atoms with Crippen molar-refractivity contribution in [1.29, 1.82) is 0 Å². The first-order chi connectivity index (χ1) is 10.2. The number of imidazole rings is 1. The summed E-state index contributed by atoms with van der Waals surface area (Å²) in [6.45, 7) is 1.62. The van der Waals surface area contributed by atoms with Crippen LogP contribution in [0.2, 0.25) is 0 Å². The highest BCUT2D eigenvalue weighted by molar-refractivity contribution is 5.87. The molecule has 1 aromatic heterocycles. The number of aromatic nitrogens is 2. The van der Waals surface area contributed by atoms with Crippen LogP contribution in [-0.4, -0.2) is 35.1 Å². The van der Waals surface area contributed by atoms with Crippen molar-refractivity contribution in [1.82, 2.24) is 9.55 Å². The van der Waals surface area contributed by atoms with Crippen LogP contribution in [0.4, 0.5) is 0 Å². The van der Waals surface area contributed by atoms with E-state index in [9.17, 15) is 4.79 Å². The number of Topliss-reactive ketones (excluding diaryl/α,β-unsaturated/α-hetero) is 1. The average Bonchev–Trinajstić information content (AvgIpc) is 2.84. The topological polar surface area (TPSA) is 70.1 Å². The molecule has 0 radical (unpaired) electrons. The van der Waals surface area contributed by atoms with E-state index in [2.05, 4.69) is 4.98 Å². The van der Waals surface area contributed by atoms with Gasteiger partial charge in [0.15, 0.2) is 0 Å². The first-order valence-corrected chi connectivity index (χ1v) is 7.38. The highest BCUT2D eigenvalue weighted by Gasteiger charge is 2.38. The minimum absolute atomic E-state index is 0.187. The summed E-state index contributed by atoms with van der Waals surface area (Å²) in [5.74, 6) is 0.993. The lowest BCUT2D eigenvalue weighted by atomic mass is 9.75. The SMILES string of the molecule is Cn1c(CC(=O)C2(CN)CCOCC2)nc2ccccc21. The summed E-state index contributed by atoms with van der Waals surface area (Å²) in [5.41, 5.74) is 7.45. The van der Waals surface area contributed by atoms with Crippen molar-refractivity contribution in [3.63, 3.8) is 0 Å². The Morgan fingerprint density at radius 1 is 1.38 bits per heavy atom. The molecule has 1 aliphatic rings. The number of ether oxygens (including phenoxy) is 1. The quantitative estimate of drug-likeness (QED) is 0.923. The van der Waals surface area contributed by atoms with Gasteiger partial charge in [-0.25, -0.2) is 4.98 Å². The first-order valence-electron chi connectivity index (χ1n) is 7.38. The van der Waals surface area contributed by atoms with Crippen LogP contribution in [-0.2, 0) is 23.0 Å². The van der Waals surface area contributed by atoms with Crippen molar-refractivity contribution in [3.05, 3.63) is 30.1 Å². The van der Waals surface area contributed by atoms with E-state index in [4.69, 9.17) is 10.5 Å². The second-order valence-electron chi connectivity index (χ2n) is 5.77. The lowest BCUT2D eigenvalue weighted by molar-refractivity contribution is -0.133. The average molecular weight is 287 g/mol. The third kappa shape index (κ3) is 2.47. The fourth-order valence-corrected chi connectivity index (χ4v) is 3.04. The van der Waals surface area contributed by atoms with Crippen LogP contribution in [0.3, 0.4) is 0 Å². The summed E-state index contributed by atoms with van der Waals surface area (Å²) in [6.07, 6.45) is 1.76. The molecule has 5 nitrogen and oxygen atoms in total. The van der Waals surface area contributed by atoms with Crippen molar-refractivity contribution in [2.45, 2.75) is 19.3 Å². The molecule has 0 aliphatic carbocycles. The van der Waals surface area contributed by atoms with Gasteiger partial charge in [-0.3, -0.25) is 4.79 Å². The monoisotopic (exact) mass is 287 g/mol. The molecule has 2 heterocycles. The van der Waals surface area contributed by atoms with Crippen LogP contribution in [0, 0.1) is 5.41 Å². The number of para-hydroxylation sites is 2. The summed E-state index contributed by atoms with van der Waals surface area (Å²) in [5, 5.41) is 0. The molecule has 1 fully saturated rings. The summed E-state index contributed by atoms with van der Waals surface area (Å²) in [7, 11) is 1.96. The maximum atomic E-state index is 12.8. The van der Waals surface area contributed by atoms with Gasteiger partial charge in [0.1, 0.15) is 11.6 Å². The Morgan fingerprint density at radius 3 is 2.76 bits per heavy atom. The van der Waals surface area contributed by atoms with Gasteiger partial charge in [-0.2, -0.15) is 0 Å². The summed E-state index contributed by atoms with van der Waals surface area (Å²) < 4.78 is 7.37. The van der Waals surface area contributed by atoms with Gasteiger partial charge in [-0.15, -0.1) is 0 Å². The van der Waals surface area contributed by atoms with Crippen molar-refractivity contribution < 1.29 is 9.53 Å². The lowest BCUT2D eigenvalue weighted by Gasteiger charge is -2.34. The highest BCUT2D eigenvalue weighted by atomic mass is 16.5. The number of nitrogens with two attached hydrogens (primary N) is 1. The third-order valence-electron chi connectivity index (χ3n) is 4.63. The van der Waals surface area contributed by atoms with Crippen LogP contribution in [0.15, 0.2) is 24.3 Å². The molecule has 1 saturated heterocycles. The van der Waals surface area contributed by atoms with Crippen LogP contribution in [0.1, 0.15) is 18.7 Å². The number of fused-ring (bicyclic) bond motifs is 1. The molecule has 3 rings (SSSR count). The Balaban J connectivity index is 1.87. The first kappa shape index (κ1) is 14.2. The molecule has 0 unspecified atom stereocenters. The summed E-state index contributed by atoms with van der Waals surface area (Å²) >= 11 is 0. The largest absolute Gasteiger partial charge is 0.381 e. The van der Waals surface area contributed by atoms with Crippen LogP contribution >= 0.6 is 0 Å². The van der Waals surface area contributed by atoms with Crippen molar-refractivity contribution in [2.24, 2.45) is 18.2 Å². The highest BCUT2D eigenvalue weighted by Crippen LogP contribution is 2.31. The molecule has 0 atom stereocenters. The second-order valence-corrected chi connectivity index (χ2v) is 5.77. The molecule has 1 aliphatic heterocycles. The zero-order valence-electron chi connectivity index (χ0n) is 12.3. The van der Waals surface area contributed by atoms with Gasteiger partial charge in [-0.05, 0) is 25.0 Å². The van der Waals surface area contributed by atoms with Crippen molar-refractivity contribution >= 4 is 16.8 Å². The Bertz CT molecular complexity index is 657. The number of carbonyl (C=O) groups excluding carboxylic acids is 1. The maximum Gasteiger partial charge on any atom is 0.147 e. The minimum Gasteiger partial charge on any atom is -0.381 e. The van der Waals surface area contributed by atoms with Gasteiger partial charge in [0, 0.05) is 32.2 Å². The Morgan fingerprint density at radius 2 is 2.10 bits per heavy atom. The number of hydrogen-bond acceptors (Lipinski definition) is 4. The number of nitrogens with zero attached hydrogens (tertiary/aromatic N) is 2. The Kier molecular flexibility index (Phi) is 3.78. The number of ketones is 1. The standard InChI is InChI=1S/C16H21N3O2/c1-19-13-5-3-2-4-12(13)18-15(19)10-14(20)16(11-17)6-8-21-9-7-16/h2-5H,6-11,17H2,1H3. The normalized spacial score (nSPS) is 18.0. The van der Waals surface area contributed by atoms with E-state index in [1.807, 2.05) is 35.9 Å². The zero-order valence-corrected chi connectivity index (χ0v) is 12.3. The van der Waals surface area contributed by atoms with Crippen LogP contribution < -0.4 is 5.73 Å². The van der Waals surface area contributed by atoms with Gasteiger partial charge < -0.3 is 15.0 Å². The molecule has 2 N–H and O–H groups in total. The summed E-state index contributed by atoms with van der Waals surface area (Å²) in [4.78, 5) is 17.3. The molecule has 1 aromatic carbocycles. The molecule has 0 saturated carbocycles. The van der Waals surface area contributed by atoms with Crippen LogP contribution in [0.25, 0.3) is 11.0 Å². The molecule has 0 amide bonds. The van der Waals surface area contributed by atoms with E-state index in [-0.39, 0.29) is 5.78 Å². The molecule has 0 spiro atoms. The van der Waals surface area contributed by atoms with Gasteiger partial charge in [0.05, 0.1) is 17.5 Å². The maximum absolute atomic E-state index is 12.8. The van der Waals surface area contributed by atoms with Gasteiger partial charge >= 0.3 is 0 Å². The van der Waals surface area contributed by atoms with Gasteiger partial charge in [-0.1, -0.05) is 12.1 Å². The molecule has 5 heteroatoms. The van der Waals surface area contributed by atoms with Crippen molar-refractivity contribution in [3.8, 4) is 0 Å². The minimum atomic E-state index is -0.434. The molecule has 0 bridgehead atoms. The Labute approximate surface area is 124 Å². The third-order valence-corrected chi connectivity index (χ3v) is 4.63. The van der Waals surface area contributed by atoms with E-state index in [0.29, 0.717) is 39.0 Å². The lowest BCUT2D eigenvalue weighted by Crippen LogP contribution is -2.44. The number of carbonyl (C=O) groups is 1. The Hall–Kier alpha value is -1.72. The van der Waals surface area contributed by atoms with E-state index in [0.717, 1.165) is 16.9 Å². The predicted molar refractivity (Wildman–Crippen MR) is 81.0 cm³/mol. The fourth-order valence-electron chi connectivity index (χ4n) is 3.04. The van der Waals surface area contributed by atoms with E-state index >= 15 is 0 Å². The molecule has 21 heavy (non-hydrogen) atoms. The number of benzene rings is 1. The predicted octanol–water partition coefficient (Wildman–Crippen LogP) is 1.44. The number of hydrogen-bond donors (Lipinski definition) is 1. The van der Waals surface area contributed by atoms with Crippen molar-refractivity contribution in [2.75, 3.05) is 19.8 Å². The molecular weight excluding hydrogens is 266 g/mol. The van der Waals surface area contributed by atoms with Gasteiger partial charge in [0.25, 0.3) is 0 Å². The van der Waals surface area contributed by atoms with E-state index in [1.54, 1.807) is 0 Å². The zero-order chi connectivity index (χ0) is 14.9. The van der Waals surface area contributed by atoms with E-state index in [1.165, 1.54) is 0 Å². The van der Waals surface area contributed by atoms with Gasteiger partial charge in [0.2, 0.25) is 0 Å². The summed E-state index contributed by atoms with van der Waals surface area (Å²) in [6, 6.07) is 7.93. The van der Waals surface area contributed by atoms with E-state index < -0.39 is 5.41 Å². The molecule has 112 valence electrons. The molecular formula is C16H21N3O2.